The quantitative estimate of drug-likeness (QED) is 0.783. The third kappa shape index (κ3) is 3.08. The molecule has 0 spiro atoms. The highest BCUT2D eigenvalue weighted by Crippen LogP contribution is 2.31. The summed E-state index contributed by atoms with van der Waals surface area (Å²) >= 11 is 0. The number of hydrogen-bond acceptors (Lipinski definition) is 4. The molecule has 1 aliphatic rings. The normalized spacial score (nSPS) is 13.1. The number of rotatable bonds is 5. The first kappa shape index (κ1) is 14.7. The molecule has 5 nitrogen and oxygen atoms in total. The minimum absolute atomic E-state index is 0.228. The van der Waals surface area contributed by atoms with Crippen LogP contribution in [-0.4, -0.2) is 27.9 Å². The van der Waals surface area contributed by atoms with E-state index in [0.717, 1.165) is 37.4 Å². The van der Waals surface area contributed by atoms with E-state index in [1.165, 1.54) is 23.4 Å². The van der Waals surface area contributed by atoms with Gasteiger partial charge in [0.15, 0.2) is 0 Å². The molecule has 1 aromatic heterocycles. The van der Waals surface area contributed by atoms with Gasteiger partial charge in [0.2, 0.25) is 0 Å². The second-order valence-corrected chi connectivity index (χ2v) is 5.87. The van der Waals surface area contributed by atoms with E-state index in [4.69, 9.17) is 0 Å². The molecule has 0 atom stereocenters. The van der Waals surface area contributed by atoms with Crippen molar-refractivity contribution in [2.75, 3.05) is 23.3 Å². The third-order valence-electron chi connectivity index (χ3n) is 4.28. The maximum atomic E-state index is 13.0. The van der Waals surface area contributed by atoms with Crippen LogP contribution in [0.3, 0.4) is 0 Å². The largest absolute Gasteiger partial charge is 0.369 e. The highest BCUT2D eigenvalue weighted by atomic mass is 19.1. The Morgan fingerprint density at radius 2 is 1.88 bits per heavy atom. The van der Waals surface area contributed by atoms with Crippen molar-refractivity contribution >= 4 is 17.1 Å². The third-order valence-corrected chi connectivity index (χ3v) is 4.28. The fourth-order valence-electron chi connectivity index (χ4n) is 3.03. The van der Waals surface area contributed by atoms with Crippen LogP contribution in [0, 0.1) is 5.82 Å². The summed E-state index contributed by atoms with van der Waals surface area (Å²) in [4.78, 5) is 6.34. The maximum absolute atomic E-state index is 13.0. The van der Waals surface area contributed by atoms with Gasteiger partial charge in [-0.15, -0.1) is 0 Å². The fraction of sp³-hybridized carbons (Fsp3) is 0.222. The Hall–Kier alpha value is -2.89. The zero-order valence-corrected chi connectivity index (χ0v) is 13.2. The summed E-state index contributed by atoms with van der Waals surface area (Å²) < 4.78 is 14.9. The van der Waals surface area contributed by atoms with Crippen LogP contribution in [0.25, 0.3) is 0 Å². The Labute approximate surface area is 139 Å². The zero-order chi connectivity index (χ0) is 16.4. The van der Waals surface area contributed by atoms with Gasteiger partial charge >= 0.3 is 0 Å². The second kappa shape index (κ2) is 6.31. The van der Waals surface area contributed by atoms with Gasteiger partial charge in [-0.1, -0.05) is 6.07 Å². The molecule has 0 saturated heterocycles. The van der Waals surface area contributed by atoms with Gasteiger partial charge in [0.25, 0.3) is 0 Å². The molecular formula is C18H18FN5. The van der Waals surface area contributed by atoms with Gasteiger partial charge in [-0.2, -0.15) is 5.10 Å². The maximum Gasteiger partial charge on any atom is 0.137 e. The first-order valence-corrected chi connectivity index (χ1v) is 8.01. The number of aromatic nitrogens is 3. The predicted octanol–water partition coefficient (Wildman–Crippen LogP) is 3.22. The summed E-state index contributed by atoms with van der Waals surface area (Å²) in [6.07, 6.45) is 4.36. The molecule has 0 radical (unpaired) electrons. The highest BCUT2D eigenvalue weighted by molar-refractivity contribution is 5.69. The number of anilines is 3. The predicted molar refractivity (Wildman–Crippen MR) is 92.1 cm³/mol. The summed E-state index contributed by atoms with van der Waals surface area (Å²) in [6.45, 7) is 2.73. The molecule has 4 rings (SSSR count). The Balaban J connectivity index is 1.49. The molecule has 24 heavy (non-hydrogen) atoms. The van der Waals surface area contributed by atoms with E-state index >= 15 is 0 Å². The SMILES string of the molecule is Fc1ccc(Nc2ccc3c(c2)N(CCn2cncn2)CC3)cc1. The lowest BCUT2D eigenvalue weighted by Crippen LogP contribution is -2.25. The molecule has 0 fully saturated rings. The van der Waals surface area contributed by atoms with E-state index in [9.17, 15) is 4.39 Å². The lowest BCUT2D eigenvalue weighted by atomic mass is 10.1. The average molecular weight is 323 g/mol. The molecular weight excluding hydrogens is 305 g/mol. The summed E-state index contributed by atoms with van der Waals surface area (Å²) in [5.41, 5.74) is 4.50. The van der Waals surface area contributed by atoms with Crippen LogP contribution in [0.4, 0.5) is 21.5 Å². The fourth-order valence-corrected chi connectivity index (χ4v) is 3.03. The standard InChI is InChI=1S/C18H18FN5/c19-15-2-5-16(6-3-15)22-17-4-1-14-7-8-23(18(14)11-17)9-10-24-13-20-12-21-24/h1-6,11-13,22H,7-10H2. The van der Waals surface area contributed by atoms with Crippen molar-refractivity contribution in [1.29, 1.82) is 0 Å². The summed E-state index contributed by atoms with van der Waals surface area (Å²) in [5.74, 6) is -0.228. The van der Waals surface area contributed by atoms with E-state index in [-0.39, 0.29) is 5.82 Å². The number of nitrogens with one attached hydrogen (secondary N) is 1. The Morgan fingerprint density at radius 3 is 2.67 bits per heavy atom. The number of fused-ring (bicyclic) bond motifs is 1. The molecule has 0 unspecified atom stereocenters. The minimum atomic E-state index is -0.228. The van der Waals surface area contributed by atoms with Crippen LogP contribution in [0.2, 0.25) is 0 Å². The Morgan fingerprint density at radius 1 is 1.04 bits per heavy atom. The molecule has 0 aliphatic carbocycles. The molecule has 0 bridgehead atoms. The molecule has 0 amide bonds. The molecule has 2 heterocycles. The Bertz CT molecular complexity index is 814. The van der Waals surface area contributed by atoms with Gasteiger partial charge in [0, 0.05) is 30.2 Å². The molecule has 1 aliphatic heterocycles. The average Bonchev–Trinajstić information content (AvgIpc) is 3.24. The van der Waals surface area contributed by atoms with Gasteiger partial charge in [-0.3, -0.25) is 4.68 Å². The van der Waals surface area contributed by atoms with E-state index in [2.05, 4.69) is 38.5 Å². The second-order valence-electron chi connectivity index (χ2n) is 5.87. The van der Waals surface area contributed by atoms with E-state index in [1.807, 2.05) is 4.68 Å². The topological polar surface area (TPSA) is 46.0 Å². The van der Waals surface area contributed by atoms with Crippen molar-refractivity contribution in [2.45, 2.75) is 13.0 Å². The molecule has 2 aromatic carbocycles. The smallest absolute Gasteiger partial charge is 0.137 e. The van der Waals surface area contributed by atoms with Crippen LogP contribution in [-0.2, 0) is 13.0 Å². The van der Waals surface area contributed by atoms with E-state index in [0.29, 0.717) is 0 Å². The first-order valence-electron chi connectivity index (χ1n) is 8.01. The molecule has 6 heteroatoms. The van der Waals surface area contributed by atoms with Crippen molar-refractivity contribution in [2.24, 2.45) is 0 Å². The van der Waals surface area contributed by atoms with Crippen LogP contribution >= 0.6 is 0 Å². The zero-order valence-electron chi connectivity index (χ0n) is 13.2. The monoisotopic (exact) mass is 323 g/mol. The lowest BCUT2D eigenvalue weighted by Gasteiger charge is -2.20. The van der Waals surface area contributed by atoms with Gasteiger partial charge in [-0.05, 0) is 48.4 Å². The number of halogens is 1. The molecule has 0 saturated carbocycles. The molecule has 1 N–H and O–H groups in total. The Kier molecular flexibility index (Phi) is 3.86. The summed E-state index contributed by atoms with van der Waals surface area (Å²) in [7, 11) is 0. The van der Waals surface area contributed by atoms with Crippen LogP contribution in [0.1, 0.15) is 5.56 Å². The lowest BCUT2D eigenvalue weighted by molar-refractivity contribution is 0.601. The number of hydrogen-bond donors (Lipinski definition) is 1. The van der Waals surface area contributed by atoms with Gasteiger partial charge in [0.05, 0.1) is 6.54 Å². The van der Waals surface area contributed by atoms with Crippen molar-refractivity contribution < 1.29 is 4.39 Å². The summed E-state index contributed by atoms with van der Waals surface area (Å²) in [6, 6.07) is 12.8. The minimum Gasteiger partial charge on any atom is -0.369 e. The van der Waals surface area contributed by atoms with Crippen LogP contribution in [0.5, 0.6) is 0 Å². The van der Waals surface area contributed by atoms with Gasteiger partial charge < -0.3 is 10.2 Å². The number of benzene rings is 2. The highest BCUT2D eigenvalue weighted by Gasteiger charge is 2.19. The molecule has 122 valence electrons. The summed E-state index contributed by atoms with van der Waals surface area (Å²) in [5, 5.41) is 7.48. The van der Waals surface area contributed by atoms with Crippen molar-refractivity contribution in [3.05, 3.63) is 66.5 Å². The van der Waals surface area contributed by atoms with Crippen molar-refractivity contribution in [3.63, 3.8) is 0 Å². The van der Waals surface area contributed by atoms with Gasteiger partial charge in [0.1, 0.15) is 18.5 Å². The van der Waals surface area contributed by atoms with Crippen LogP contribution < -0.4 is 10.2 Å². The van der Waals surface area contributed by atoms with Crippen molar-refractivity contribution in [3.8, 4) is 0 Å². The number of nitrogens with zero attached hydrogens (tertiary/aromatic N) is 4. The van der Waals surface area contributed by atoms with E-state index in [1.54, 1.807) is 24.8 Å². The van der Waals surface area contributed by atoms with Crippen molar-refractivity contribution in [1.82, 2.24) is 14.8 Å². The van der Waals surface area contributed by atoms with Crippen LogP contribution in [0.15, 0.2) is 55.1 Å². The van der Waals surface area contributed by atoms with Gasteiger partial charge in [-0.25, -0.2) is 9.37 Å². The first-order chi connectivity index (χ1) is 11.8. The molecule has 3 aromatic rings. The van der Waals surface area contributed by atoms with E-state index < -0.39 is 0 Å².